The summed E-state index contributed by atoms with van der Waals surface area (Å²) >= 11 is 0. The van der Waals surface area contributed by atoms with Crippen LogP contribution in [0.15, 0.2) is 60.1 Å². The molecule has 182 valence electrons. The van der Waals surface area contributed by atoms with E-state index in [1.54, 1.807) is 38.5 Å². The molecular weight excluding hydrogens is 438 g/mol. The molecule has 0 bridgehead atoms. The maximum Gasteiger partial charge on any atom is 0.266 e. The average molecular weight is 470 g/mol. The van der Waals surface area contributed by atoms with Crippen molar-refractivity contribution >= 4 is 11.8 Å². The summed E-state index contributed by atoms with van der Waals surface area (Å²) in [5.41, 5.74) is 6.16. The van der Waals surface area contributed by atoms with Crippen LogP contribution in [0, 0.1) is 0 Å². The molecule has 9 heteroatoms. The molecule has 0 saturated heterocycles. The number of rotatable bonds is 13. The first-order chi connectivity index (χ1) is 16.5. The number of nitrogens with zero attached hydrogens (tertiary/aromatic N) is 1. The molecule has 0 unspecified atom stereocenters. The van der Waals surface area contributed by atoms with Gasteiger partial charge in [-0.25, -0.2) is 10.4 Å². The molecule has 0 aliphatic carbocycles. The molecule has 9 nitrogen and oxygen atoms in total. The highest BCUT2D eigenvalue weighted by molar-refractivity contribution is 6.00. The summed E-state index contributed by atoms with van der Waals surface area (Å²) in [5.74, 6) is 2.08. The minimum absolute atomic E-state index is 0.0820. The van der Waals surface area contributed by atoms with Gasteiger partial charge in [-0.1, -0.05) is 12.1 Å². The van der Waals surface area contributed by atoms with Gasteiger partial charge in [-0.2, -0.15) is 0 Å². The first kappa shape index (κ1) is 25.1. The number of nitrogens with one attached hydrogen (secondary N) is 2. The standard InChI is InChI=1S/C25H31N3O6/c1-4-12-25(24(30)28-26-16-19-8-11-21(31-2)15-22(19)32-3)17-34-23(27-25)18-6-9-20(10-7-18)33-14-5-13-29/h4,6-11,15,26,29H,1,5,12-14,16-17H2,2-3H3,(H,28,30)/t25-/m0/s1. The van der Waals surface area contributed by atoms with Gasteiger partial charge in [-0.05, 0) is 30.3 Å². The number of aliphatic imine (C=N–C) groups is 1. The third-order valence-corrected chi connectivity index (χ3v) is 5.32. The Hall–Kier alpha value is -3.56. The number of hydrogen-bond donors (Lipinski definition) is 3. The molecule has 3 N–H and O–H groups in total. The van der Waals surface area contributed by atoms with Crippen LogP contribution in [0.25, 0.3) is 0 Å². The Kier molecular flexibility index (Phi) is 8.89. The zero-order chi connectivity index (χ0) is 24.4. The number of methoxy groups -OCH3 is 2. The minimum Gasteiger partial charge on any atom is -0.497 e. The van der Waals surface area contributed by atoms with Crippen LogP contribution in [-0.2, 0) is 16.1 Å². The predicted octanol–water partition coefficient (Wildman–Crippen LogP) is 2.38. The van der Waals surface area contributed by atoms with Crippen molar-refractivity contribution in [3.63, 3.8) is 0 Å². The van der Waals surface area contributed by atoms with Crippen LogP contribution >= 0.6 is 0 Å². The number of carbonyl (C=O) groups excluding carboxylic acids is 1. The Morgan fingerprint density at radius 3 is 2.65 bits per heavy atom. The molecule has 1 aliphatic rings. The maximum atomic E-state index is 13.1. The highest BCUT2D eigenvalue weighted by atomic mass is 16.5. The van der Waals surface area contributed by atoms with Crippen LogP contribution in [0.5, 0.6) is 17.2 Å². The van der Waals surface area contributed by atoms with E-state index in [0.717, 1.165) is 11.1 Å². The second kappa shape index (κ2) is 12.1. The molecule has 1 aliphatic heterocycles. The van der Waals surface area contributed by atoms with Gasteiger partial charge in [0, 0.05) is 43.2 Å². The first-order valence-electron chi connectivity index (χ1n) is 11.0. The van der Waals surface area contributed by atoms with Crippen molar-refractivity contribution in [1.29, 1.82) is 0 Å². The zero-order valence-electron chi connectivity index (χ0n) is 19.5. The number of ether oxygens (including phenoxy) is 4. The lowest BCUT2D eigenvalue weighted by atomic mass is 9.97. The van der Waals surface area contributed by atoms with E-state index in [1.807, 2.05) is 24.3 Å². The van der Waals surface area contributed by atoms with Crippen molar-refractivity contribution in [2.75, 3.05) is 34.0 Å². The molecule has 0 aromatic heterocycles. The monoisotopic (exact) mass is 469 g/mol. The van der Waals surface area contributed by atoms with Crippen LogP contribution in [0.2, 0.25) is 0 Å². The number of benzene rings is 2. The van der Waals surface area contributed by atoms with Gasteiger partial charge in [0.2, 0.25) is 5.90 Å². The summed E-state index contributed by atoms with van der Waals surface area (Å²) in [5, 5.41) is 8.86. The third-order valence-electron chi connectivity index (χ3n) is 5.32. The van der Waals surface area contributed by atoms with Crippen molar-refractivity contribution in [2.45, 2.75) is 24.9 Å². The van der Waals surface area contributed by atoms with Crippen molar-refractivity contribution in [1.82, 2.24) is 10.9 Å². The minimum atomic E-state index is -1.12. The fourth-order valence-corrected chi connectivity index (χ4v) is 3.43. The van der Waals surface area contributed by atoms with Crippen molar-refractivity contribution in [2.24, 2.45) is 4.99 Å². The van der Waals surface area contributed by atoms with Gasteiger partial charge in [0.25, 0.3) is 5.91 Å². The highest BCUT2D eigenvalue weighted by Crippen LogP contribution is 2.27. The summed E-state index contributed by atoms with van der Waals surface area (Å²) in [6.45, 7) is 4.74. The Morgan fingerprint density at radius 1 is 1.21 bits per heavy atom. The largest absolute Gasteiger partial charge is 0.497 e. The molecule has 2 aromatic carbocycles. The number of amides is 1. The fourth-order valence-electron chi connectivity index (χ4n) is 3.43. The van der Waals surface area contributed by atoms with Gasteiger partial charge in [0.05, 0.1) is 20.8 Å². The molecule has 1 amide bonds. The summed E-state index contributed by atoms with van der Waals surface area (Å²) < 4.78 is 22.0. The van der Waals surface area contributed by atoms with Gasteiger partial charge in [0.15, 0.2) is 5.54 Å². The normalized spacial score (nSPS) is 16.9. The van der Waals surface area contributed by atoms with E-state index >= 15 is 0 Å². The van der Waals surface area contributed by atoms with E-state index < -0.39 is 5.54 Å². The van der Waals surface area contributed by atoms with Gasteiger partial charge in [-0.15, -0.1) is 6.58 Å². The van der Waals surface area contributed by atoms with Gasteiger partial charge >= 0.3 is 0 Å². The topological polar surface area (TPSA) is 111 Å². The van der Waals surface area contributed by atoms with E-state index in [1.165, 1.54) is 0 Å². The lowest BCUT2D eigenvalue weighted by Crippen LogP contribution is -2.51. The van der Waals surface area contributed by atoms with Crippen molar-refractivity contribution in [3.8, 4) is 17.2 Å². The fraction of sp³-hybridized carbons (Fsp3) is 0.360. The number of carbonyl (C=O) groups is 1. The second-order valence-electron chi connectivity index (χ2n) is 7.67. The lowest BCUT2D eigenvalue weighted by molar-refractivity contribution is -0.127. The quantitative estimate of drug-likeness (QED) is 0.235. The Morgan fingerprint density at radius 2 is 1.97 bits per heavy atom. The van der Waals surface area contributed by atoms with Crippen LogP contribution in [0.1, 0.15) is 24.0 Å². The van der Waals surface area contributed by atoms with E-state index in [-0.39, 0.29) is 19.1 Å². The highest BCUT2D eigenvalue weighted by Gasteiger charge is 2.43. The Labute approximate surface area is 199 Å². The molecule has 2 aromatic rings. The second-order valence-corrected chi connectivity index (χ2v) is 7.67. The Balaban J connectivity index is 1.65. The SMILES string of the molecule is C=CC[C@@]1(C(=O)NNCc2ccc(OC)cc2OC)COC(c2ccc(OCCCO)cc2)=N1. The van der Waals surface area contributed by atoms with Crippen molar-refractivity contribution < 1.29 is 28.8 Å². The van der Waals surface area contributed by atoms with Gasteiger partial charge in [0.1, 0.15) is 23.9 Å². The molecule has 0 fully saturated rings. The molecule has 34 heavy (non-hydrogen) atoms. The van der Waals surface area contributed by atoms with Crippen LogP contribution in [0.4, 0.5) is 0 Å². The van der Waals surface area contributed by atoms with E-state index in [9.17, 15) is 4.79 Å². The van der Waals surface area contributed by atoms with E-state index in [0.29, 0.717) is 49.1 Å². The summed E-state index contributed by atoms with van der Waals surface area (Å²) in [7, 11) is 3.17. The predicted molar refractivity (Wildman–Crippen MR) is 128 cm³/mol. The first-order valence-corrected chi connectivity index (χ1v) is 11.0. The van der Waals surface area contributed by atoms with Crippen LogP contribution in [0.3, 0.4) is 0 Å². The molecule has 3 rings (SSSR count). The summed E-state index contributed by atoms with van der Waals surface area (Å²) in [6, 6.07) is 12.7. The maximum absolute atomic E-state index is 13.1. The lowest BCUT2D eigenvalue weighted by Gasteiger charge is -2.22. The van der Waals surface area contributed by atoms with Gasteiger partial charge < -0.3 is 24.1 Å². The van der Waals surface area contributed by atoms with Crippen LogP contribution < -0.4 is 25.1 Å². The zero-order valence-corrected chi connectivity index (χ0v) is 19.5. The smallest absolute Gasteiger partial charge is 0.266 e. The third kappa shape index (κ3) is 6.06. The number of aliphatic hydroxyl groups is 1. The Bertz CT molecular complexity index is 1010. The number of aliphatic hydroxyl groups excluding tert-OH is 1. The average Bonchev–Trinajstić information content (AvgIpc) is 3.30. The summed E-state index contributed by atoms with van der Waals surface area (Å²) in [6.07, 6.45) is 2.54. The summed E-state index contributed by atoms with van der Waals surface area (Å²) in [4.78, 5) is 17.7. The van der Waals surface area contributed by atoms with E-state index in [2.05, 4.69) is 22.4 Å². The van der Waals surface area contributed by atoms with E-state index in [4.69, 9.17) is 24.1 Å². The number of hydrazine groups is 1. The molecule has 1 atom stereocenters. The molecule has 0 radical (unpaired) electrons. The molecule has 0 saturated carbocycles. The number of hydrogen-bond acceptors (Lipinski definition) is 8. The molecule has 0 spiro atoms. The molecular formula is C25H31N3O6. The van der Waals surface area contributed by atoms with Crippen LogP contribution in [-0.4, -0.2) is 56.5 Å². The molecule has 1 heterocycles. The van der Waals surface area contributed by atoms with Crippen molar-refractivity contribution in [3.05, 3.63) is 66.2 Å². The van der Waals surface area contributed by atoms with Gasteiger partial charge in [-0.3, -0.25) is 10.2 Å².